The van der Waals surface area contributed by atoms with Crippen LogP contribution in [0.5, 0.6) is 0 Å². The molecular formula is C21H34N4O3. The maximum atomic E-state index is 13.3. The number of amides is 1. The molecule has 0 aromatic carbocycles. The van der Waals surface area contributed by atoms with E-state index in [4.69, 9.17) is 5.73 Å². The summed E-state index contributed by atoms with van der Waals surface area (Å²) >= 11 is 0. The van der Waals surface area contributed by atoms with Gasteiger partial charge in [0.1, 0.15) is 5.82 Å². The first-order chi connectivity index (χ1) is 13.2. The Bertz CT molecular complexity index is 839. The first kappa shape index (κ1) is 20.7. The van der Waals surface area contributed by atoms with Crippen molar-refractivity contribution in [2.45, 2.75) is 66.3 Å². The van der Waals surface area contributed by atoms with Gasteiger partial charge in [-0.15, -0.1) is 0 Å². The van der Waals surface area contributed by atoms with E-state index in [0.29, 0.717) is 31.3 Å². The zero-order chi connectivity index (χ0) is 20.6. The Kier molecular flexibility index (Phi) is 6.01. The molecule has 3 N–H and O–H groups in total. The fourth-order valence-electron chi connectivity index (χ4n) is 5.03. The summed E-state index contributed by atoms with van der Waals surface area (Å²) in [5, 5.41) is 0. The van der Waals surface area contributed by atoms with E-state index in [1.165, 1.54) is 28.7 Å². The van der Waals surface area contributed by atoms with Gasteiger partial charge in [-0.1, -0.05) is 34.1 Å². The molecule has 156 valence electrons. The lowest BCUT2D eigenvalue weighted by Gasteiger charge is -2.29. The van der Waals surface area contributed by atoms with Crippen LogP contribution in [0, 0.1) is 29.6 Å². The summed E-state index contributed by atoms with van der Waals surface area (Å²) in [5.74, 6) is 2.20. The van der Waals surface area contributed by atoms with E-state index in [2.05, 4.69) is 4.98 Å². The number of nitrogens with two attached hydrogens (primary N) is 1. The molecule has 1 aromatic heterocycles. The highest BCUT2D eigenvalue weighted by Crippen LogP contribution is 2.49. The first-order valence-corrected chi connectivity index (χ1v) is 10.6. The minimum atomic E-state index is -0.579. The van der Waals surface area contributed by atoms with E-state index in [1.807, 2.05) is 27.7 Å². The van der Waals surface area contributed by atoms with Gasteiger partial charge in [-0.2, -0.15) is 0 Å². The SMILES string of the molecule is CC(C)CN(C(=O)CC1CC2CCC1C2)c1c(N)n(CC(C)C)c(=O)[nH]c1=O. The van der Waals surface area contributed by atoms with Crippen molar-refractivity contribution < 1.29 is 4.79 Å². The van der Waals surface area contributed by atoms with Crippen molar-refractivity contribution in [3.05, 3.63) is 20.8 Å². The van der Waals surface area contributed by atoms with E-state index in [0.717, 1.165) is 12.3 Å². The molecule has 2 aliphatic carbocycles. The summed E-state index contributed by atoms with van der Waals surface area (Å²) in [6.07, 6.45) is 5.32. The Morgan fingerprint density at radius 3 is 2.43 bits per heavy atom. The predicted octanol–water partition coefficient (Wildman–Crippen LogP) is 2.59. The van der Waals surface area contributed by atoms with Crippen molar-refractivity contribution in [2.75, 3.05) is 17.2 Å². The third-order valence-corrected chi connectivity index (χ3v) is 6.20. The van der Waals surface area contributed by atoms with Gasteiger partial charge in [-0.25, -0.2) is 4.79 Å². The van der Waals surface area contributed by atoms with Crippen LogP contribution in [0.2, 0.25) is 0 Å². The summed E-state index contributed by atoms with van der Waals surface area (Å²) in [4.78, 5) is 42.1. The number of H-pyrrole nitrogens is 1. The molecule has 3 atom stereocenters. The number of nitrogens with one attached hydrogen (secondary N) is 1. The lowest BCUT2D eigenvalue weighted by molar-refractivity contribution is -0.120. The predicted molar refractivity (Wildman–Crippen MR) is 111 cm³/mol. The van der Waals surface area contributed by atoms with E-state index < -0.39 is 11.2 Å². The van der Waals surface area contributed by atoms with Gasteiger partial charge >= 0.3 is 5.69 Å². The average Bonchev–Trinajstić information content (AvgIpc) is 3.20. The van der Waals surface area contributed by atoms with Crippen LogP contribution in [0.1, 0.15) is 59.8 Å². The summed E-state index contributed by atoms with van der Waals surface area (Å²) in [7, 11) is 0. The summed E-state index contributed by atoms with van der Waals surface area (Å²) in [6.45, 7) is 8.77. The van der Waals surface area contributed by atoms with E-state index in [1.54, 1.807) is 0 Å². The number of aromatic nitrogens is 2. The second kappa shape index (κ2) is 8.13. The van der Waals surface area contributed by atoms with Gasteiger partial charge in [0, 0.05) is 19.5 Å². The third kappa shape index (κ3) is 4.18. The molecule has 0 aliphatic heterocycles. The molecule has 2 fully saturated rings. The molecule has 1 heterocycles. The molecule has 1 amide bonds. The Balaban J connectivity index is 1.94. The number of rotatable bonds is 7. The molecule has 0 saturated heterocycles. The van der Waals surface area contributed by atoms with Gasteiger partial charge in [0.2, 0.25) is 5.91 Å². The average molecular weight is 391 g/mol. The molecule has 2 saturated carbocycles. The molecule has 3 rings (SSSR count). The number of aromatic amines is 1. The first-order valence-electron chi connectivity index (χ1n) is 10.6. The lowest BCUT2D eigenvalue weighted by atomic mass is 9.86. The summed E-state index contributed by atoms with van der Waals surface area (Å²) in [6, 6.07) is 0. The molecule has 2 aliphatic rings. The monoisotopic (exact) mass is 390 g/mol. The topological polar surface area (TPSA) is 101 Å². The van der Waals surface area contributed by atoms with Crippen molar-refractivity contribution in [2.24, 2.45) is 29.6 Å². The highest BCUT2D eigenvalue weighted by molar-refractivity contribution is 5.95. The van der Waals surface area contributed by atoms with E-state index in [9.17, 15) is 14.4 Å². The minimum absolute atomic E-state index is 0.0572. The normalized spacial score (nSPS) is 23.7. The standard InChI is InChI=1S/C21H34N4O3/c1-12(2)10-24(17(26)9-16-8-14-5-6-15(16)7-14)18-19(22)25(11-13(3)4)21(28)23-20(18)27/h12-16H,5-11,22H2,1-4H3,(H,23,27,28). The van der Waals surface area contributed by atoms with E-state index >= 15 is 0 Å². The highest BCUT2D eigenvalue weighted by atomic mass is 16.2. The van der Waals surface area contributed by atoms with Crippen molar-refractivity contribution in [3.63, 3.8) is 0 Å². The Morgan fingerprint density at radius 1 is 1.18 bits per heavy atom. The van der Waals surface area contributed by atoms with E-state index in [-0.39, 0.29) is 29.2 Å². The fourth-order valence-corrected chi connectivity index (χ4v) is 5.03. The molecule has 0 radical (unpaired) electrons. The zero-order valence-corrected chi connectivity index (χ0v) is 17.5. The zero-order valence-electron chi connectivity index (χ0n) is 17.5. The van der Waals surface area contributed by atoms with Crippen LogP contribution in [0.15, 0.2) is 9.59 Å². The van der Waals surface area contributed by atoms with Crippen LogP contribution in [-0.4, -0.2) is 22.0 Å². The molecular weight excluding hydrogens is 356 g/mol. The lowest BCUT2D eigenvalue weighted by Crippen LogP contribution is -2.43. The summed E-state index contributed by atoms with van der Waals surface area (Å²) in [5.41, 5.74) is 5.29. The van der Waals surface area contributed by atoms with Crippen molar-refractivity contribution >= 4 is 17.4 Å². The maximum absolute atomic E-state index is 13.3. The van der Waals surface area contributed by atoms with Crippen molar-refractivity contribution in [1.29, 1.82) is 0 Å². The Hall–Kier alpha value is -2.05. The highest BCUT2D eigenvalue weighted by Gasteiger charge is 2.41. The van der Waals surface area contributed by atoms with Gasteiger partial charge in [-0.3, -0.25) is 19.1 Å². The van der Waals surface area contributed by atoms with Gasteiger partial charge in [0.25, 0.3) is 5.56 Å². The quantitative estimate of drug-likeness (QED) is 0.747. The van der Waals surface area contributed by atoms with Crippen LogP contribution < -0.4 is 21.9 Å². The molecule has 3 unspecified atom stereocenters. The maximum Gasteiger partial charge on any atom is 0.330 e. The van der Waals surface area contributed by atoms with Crippen molar-refractivity contribution in [1.82, 2.24) is 9.55 Å². The second-order valence-electron chi connectivity index (χ2n) is 9.53. The molecule has 0 spiro atoms. The number of anilines is 2. The molecule has 1 aromatic rings. The van der Waals surface area contributed by atoms with Gasteiger partial charge in [-0.05, 0) is 48.9 Å². The third-order valence-electron chi connectivity index (χ3n) is 6.20. The van der Waals surface area contributed by atoms with Crippen molar-refractivity contribution in [3.8, 4) is 0 Å². The summed E-state index contributed by atoms with van der Waals surface area (Å²) < 4.78 is 1.37. The molecule has 7 heteroatoms. The van der Waals surface area contributed by atoms with Gasteiger partial charge in [0.05, 0.1) is 0 Å². The van der Waals surface area contributed by atoms with Gasteiger partial charge in [0.15, 0.2) is 5.69 Å². The van der Waals surface area contributed by atoms with Crippen LogP contribution in [0.4, 0.5) is 11.5 Å². The number of hydrogen-bond donors (Lipinski definition) is 2. The molecule has 28 heavy (non-hydrogen) atoms. The van der Waals surface area contributed by atoms with Gasteiger partial charge < -0.3 is 10.6 Å². The molecule has 7 nitrogen and oxygen atoms in total. The van der Waals surface area contributed by atoms with Crippen LogP contribution in [0.3, 0.4) is 0 Å². The largest absolute Gasteiger partial charge is 0.383 e. The van der Waals surface area contributed by atoms with Crippen LogP contribution >= 0.6 is 0 Å². The minimum Gasteiger partial charge on any atom is -0.383 e. The number of carbonyl (C=O) groups is 1. The molecule has 2 bridgehead atoms. The number of carbonyl (C=O) groups excluding carboxylic acids is 1. The fraction of sp³-hybridized carbons (Fsp3) is 0.762. The number of nitrogen functional groups attached to an aromatic ring is 1. The van der Waals surface area contributed by atoms with Crippen LogP contribution in [0.25, 0.3) is 0 Å². The second-order valence-corrected chi connectivity index (χ2v) is 9.53. The number of fused-ring (bicyclic) bond motifs is 2. The van der Waals surface area contributed by atoms with Crippen LogP contribution in [-0.2, 0) is 11.3 Å². The Morgan fingerprint density at radius 2 is 1.89 bits per heavy atom. The number of nitrogens with zero attached hydrogens (tertiary/aromatic N) is 2. The Labute approximate surface area is 166 Å². The number of hydrogen-bond acceptors (Lipinski definition) is 4. The smallest absolute Gasteiger partial charge is 0.330 e.